The van der Waals surface area contributed by atoms with Crippen molar-refractivity contribution in [2.75, 3.05) is 23.3 Å². The van der Waals surface area contributed by atoms with E-state index in [1.54, 1.807) is 0 Å². The van der Waals surface area contributed by atoms with E-state index in [0.717, 1.165) is 0 Å². The second-order valence-electron chi connectivity index (χ2n) is 9.51. The van der Waals surface area contributed by atoms with Crippen LogP contribution in [0.1, 0.15) is 0 Å². The van der Waals surface area contributed by atoms with Gasteiger partial charge in [-0.3, -0.25) is 0 Å². The average molecular weight is 413 g/mol. The third kappa shape index (κ3) is 4.07. The highest BCUT2D eigenvalue weighted by molar-refractivity contribution is 8.04. The van der Waals surface area contributed by atoms with Gasteiger partial charge >= 0.3 is 0 Å². The second-order valence-corrected chi connectivity index (χ2v) is 65.4. The first-order chi connectivity index (χ1) is 9.12. The molecule has 0 rings (SSSR count). The molecule has 0 atom stereocenters. The minimum absolute atomic E-state index is 1.06. The van der Waals surface area contributed by atoms with Gasteiger partial charge in [-0.25, -0.2) is 0 Å². The summed E-state index contributed by atoms with van der Waals surface area (Å²) in [5, 5.41) is 2.97. The third-order valence-corrected chi connectivity index (χ3v) is 109. The van der Waals surface area contributed by atoms with E-state index in [-0.39, 0.29) is 0 Å². The van der Waals surface area contributed by atoms with Gasteiger partial charge in [0.1, 0.15) is 0 Å². The zero-order valence-electron chi connectivity index (χ0n) is 16.7. The van der Waals surface area contributed by atoms with E-state index in [1.165, 1.54) is 10.8 Å². The van der Waals surface area contributed by atoms with E-state index in [0.29, 0.717) is 0 Å². The molecule has 0 spiro atoms. The summed E-state index contributed by atoms with van der Waals surface area (Å²) in [7, 11) is -5.48. The first kappa shape index (κ1) is 22.8. The van der Waals surface area contributed by atoms with Crippen molar-refractivity contribution in [1.82, 2.24) is 0 Å². The molecule has 0 aromatic rings. The van der Waals surface area contributed by atoms with Crippen molar-refractivity contribution in [3.8, 4) is 0 Å². The standard InChI is InChI=1S/C14H40S2Si5/c1-15-13-17(3,4)19(7,8)21(11,12)20(9,10)18(5,6)14-16-2/h13-14H2,1-12H3. The summed E-state index contributed by atoms with van der Waals surface area (Å²) in [6.45, 7) is 27.8. The van der Waals surface area contributed by atoms with Gasteiger partial charge in [-0.1, -0.05) is 65.5 Å². The summed E-state index contributed by atoms with van der Waals surface area (Å²) in [6.07, 6.45) is 4.64. The van der Waals surface area contributed by atoms with Crippen LogP contribution in [-0.4, -0.2) is 59.8 Å². The lowest BCUT2D eigenvalue weighted by atomic mass is 11.8. The molecule has 0 saturated carbocycles. The van der Waals surface area contributed by atoms with Crippen LogP contribution in [0.3, 0.4) is 0 Å². The maximum absolute atomic E-state index is 2.83. The molecule has 21 heavy (non-hydrogen) atoms. The molecule has 0 saturated heterocycles. The molecule has 0 aliphatic heterocycles. The van der Waals surface area contributed by atoms with E-state index < -0.39 is 36.5 Å². The molecule has 7 heteroatoms. The molecule has 128 valence electrons. The Morgan fingerprint density at radius 3 is 0.905 bits per heavy atom. The Bertz CT molecular complexity index is 319. The van der Waals surface area contributed by atoms with Crippen molar-refractivity contribution < 1.29 is 0 Å². The molecule has 0 N–H and O–H groups in total. The van der Waals surface area contributed by atoms with Crippen LogP contribution in [0.25, 0.3) is 0 Å². The molecular formula is C14H40S2Si5. The second kappa shape index (κ2) is 7.35. The summed E-state index contributed by atoms with van der Waals surface area (Å²) < 4.78 is 0. The lowest BCUT2D eigenvalue weighted by Crippen LogP contribution is -2.85. The molecule has 0 heterocycles. The summed E-state index contributed by atoms with van der Waals surface area (Å²) >= 11 is 4.24. The minimum Gasteiger partial charge on any atom is -0.169 e. The fourth-order valence-electron chi connectivity index (χ4n) is 3.56. The molecule has 0 fully saturated rings. The molecule has 0 aromatic heterocycles. The number of thioether (sulfide) groups is 2. The number of hydrogen-bond donors (Lipinski definition) is 0. The van der Waals surface area contributed by atoms with Gasteiger partial charge in [-0.2, -0.15) is 23.5 Å². The topological polar surface area (TPSA) is 0 Å². The fourth-order valence-corrected chi connectivity index (χ4v) is 128. The maximum Gasteiger partial charge on any atom is 0.0492 e. The van der Waals surface area contributed by atoms with Crippen LogP contribution in [0.15, 0.2) is 0 Å². The van der Waals surface area contributed by atoms with E-state index in [1.807, 2.05) is 0 Å². The highest BCUT2D eigenvalue weighted by atomic mass is 32.2. The zero-order chi connectivity index (χ0) is 17.3. The van der Waals surface area contributed by atoms with Crippen molar-refractivity contribution in [2.24, 2.45) is 0 Å². The first-order valence-corrected chi connectivity index (χ1v) is 30.3. The van der Waals surface area contributed by atoms with Gasteiger partial charge < -0.3 is 0 Å². The summed E-state index contributed by atoms with van der Waals surface area (Å²) in [6, 6.07) is 0. The fraction of sp³-hybridized carbons (Fsp3) is 1.00. The predicted molar refractivity (Wildman–Crippen MR) is 124 cm³/mol. The van der Waals surface area contributed by atoms with Crippen LogP contribution in [0.4, 0.5) is 0 Å². The molecule has 0 nitrogen and oxygen atoms in total. The van der Waals surface area contributed by atoms with E-state index in [4.69, 9.17) is 0 Å². The first-order valence-electron chi connectivity index (χ1n) is 8.10. The van der Waals surface area contributed by atoms with Gasteiger partial charge in [0, 0.05) is 36.5 Å². The number of hydrogen-bond acceptors (Lipinski definition) is 2. The maximum atomic E-state index is 2.83. The smallest absolute Gasteiger partial charge is 0.0492 e. The van der Waals surface area contributed by atoms with Crippen LogP contribution < -0.4 is 0 Å². The molecule has 0 amide bonds. The molecule has 0 bridgehead atoms. The Hall–Kier alpha value is 1.78. The van der Waals surface area contributed by atoms with E-state index in [2.05, 4.69) is 102 Å². The van der Waals surface area contributed by atoms with Crippen molar-refractivity contribution in [1.29, 1.82) is 0 Å². The highest BCUT2D eigenvalue weighted by Crippen LogP contribution is 2.40. The normalized spacial score (nSPS) is 15.4. The Labute approximate surface area is 148 Å². The Morgan fingerprint density at radius 1 is 0.476 bits per heavy atom. The molecule has 0 radical (unpaired) electrons. The monoisotopic (exact) mass is 412 g/mol. The van der Waals surface area contributed by atoms with Gasteiger partial charge in [-0.15, -0.1) is 0 Å². The van der Waals surface area contributed by atoms with Gasteiger partial charge in [0.15, 0.2) is 0 Å². The SMILES string of the molecule is CSC[Si](C)(C)[Si](C)(C)[Si](C)(C)[Si](C)(C)[Si](C)(C)CSC. The Balaban J connectivity index is 5.83. The number of rotatable bonds is 8. The highest BCUT2D eigenvalue weighted by Gasteiger charge is 2.62. The minimum atomic E-state index is -1.13. The van der Waals surface area contributed by atoms with Crippen LogP contribution in [0.5, 0.6) is 0 Å². The van der Waals surface area contributed by atoms with Crippen molar-refractivity contribution in [3.05, 3.63) is 0 Å². The lowest BCUT2D eigenvalue weighted by molar-refractivity contribution is 1.69. The van der Waals surface area contributed by atoms with Crippen LogP contribution >= 0.6 is 23.5 Å². The molecule has 0 unspecified atom stereocenters. The molecule has 0 aliphatic carbocycles. The predicted octanol–water partition coefficient (Wildman–Crippen LogP) is 5.65. The molecular weight excluding hydrogens is 373 g/mol. The van der Waals surface area contributed by atoms with Crippen molar-refractivity contribution in [2.45, 2.75) is 65.5 Å². The molecule has 0 aromatic carbocycles. The van der Waals surface area contributed by atoms with Gasteiger partial charge in [-0.05, 0) is 23.3 Å². The Morgan fingerprint density at radius 2 is 0.714 bits per heavy atom. The van der Waals surface area contributed by atoms with Crippen molar-refractivity contribution >= 4 is 60.0 Å². The zero-order valence-corrected chi connectivity index (χ0v) is 23.4. The summed E-state index contributed by atoms with van der Waals surface area (Å²) in [5.41, 5.74) is 0. The van der Waals surface area contributed by atoms with Gasteiger partial charge in [0.2, 0.25) is 0 Å². The van der Waals surface area contributed by atoms with Crippen LogP contribution in [-0.2, 0) is 0 Å². The van der Waals surface area contributed by atoms with E-state index >= 15 is 0 Å². The van der Waals surface area contributed by atoms with Crippen LogP contribution in [0.2, 0.25) is 65.5 Å². The summed E-state index contributed by atoms with van der Waals surface area (Å²) in [4.78, 5) is 0. The lowest BCUT2D eigenvalue weighted by Gasteiger charge is -2.59. The third-order valence-electron chi connectivity index (χ3n) is 7.52. The summed E-state index contributed by atoms with van der Waals surface area (Å²) in [5.74, 6) is 0. The van der Waals surface area contributed by atoms with Crippen LogP contribution in [0, 0.1) is 0 Å². The van der Waals surface area contributed by atoms with Gasteiger partial charge in [0.05, 0.1) is 0 Å². The largest absolute Gasteiger partial charge is 0.169 e. The quantitative estimate of drug-likeness (QED) is 0.472. The average Bonchev–Trinajstić information content (AvgIpc) is 2.27. The molecule has 0 aliphatic rings. The van der Waals surface area contributed by atoms with Gasteiger partial charge in [0.25, 0.3) is 0 Å². The van der Waals surface area contributed by atoms with Crippen molar-refractivity contribution in [3.63, 3.8) is 0 Å². The Kier molecular flexibility index (Phi) is 7.97. The van der Waals surface area contributed by atoms with E-state index in [9.17, 15) is 0 Å².